The molecule has 0 aliphatic carbocycles. The van der Waals surface area contributed by atoms with Crippen LogP contribution in [0.5, 0.6) is 0 Å². The average molecular weight is 239 g/mol. The highest BCUT2D eigenvalue weighted by Crippen LogP contribution is 2.20. The van der Waals surface area contributed by atoms with E-state index in [9.17, 15) is 9.18 Å². The fourth-order valence-corrected chi connectivity index (χ4v) is 1.55. The molecule has 2 aromatic rings. The number of aldehydes is 1. The van der Waals surface area contributed by atoms with Gasteiger partial charge in [0.1, 0.15) is 11.5 Å². The summed E-state index contributed by atoms with van der Waals surface area (Å²) in [6.45, 7) is 1.71. The Morgan fingerprint density at radius 2 is 2.25 bits per heavy atom. The molecule has 2 rings (SSSR count). The van der Waals surface area contributed by atoms with Crippen molar-refractivity contribution in [2.24, 2.45) is 0 Å². The normalized spacial score (nSPS) is 10.4. The summed E-state index contributed by atoms with van der Waals surface area (Å²) < 4.78 is 14.9. The number of carbonyl (C=O) groups excluding carboxylic acids is 1. The Balaban J connectivity index is 2.67. The van der Waals surface area contributed by atoms with Gasteiger partial charge < -0.3 is 0 Å². The molecule has 0 atom stereocenters. The highest BCUT2D eigenvalue weighted by molar-refractivity contribution is 6.31. The van der Waals surface area contributed by atoms with Gasteiger partial charge in [-0.25, -0.2) is 9.07 Å². The van der Waals surface area contributed by atoms with Crippen molar-refractivity contribution in [3.05, 3.63) is 46.5 Å². The van der Waals surface area contributed by atoms with Crippen LogP contribution >= 0.6 is 11.6 Å². The second-order valence-electron chi connectivity index (χ2n) is 3.30. The Labute approximate surface area is 96.5 Å². The first-order chi connectivity index (χ1) is 7.63. The van der Waals surface area contributed by atoms with Gasteiger partial charge in [-0.15, -0.1) is 0 Å². The van der Waals surface area contributed by atoms with Gasteiger partial charge in [-0.2, -0.15) is 5.10 Å². The topological polar surface area (TPSA) is 34.9 Å². The molecule has 82 valence electrons. The molecule has 1 aromatic carbocycles. The van der Waals surface area contributed by atoms with Crippen LogP contribution in [0.15, 0.2) is 24.4 Å². The Morgan fingerprint density at radius 1 is 1.50 bits per heavy atom. The summed E-state index contributed by atoms with van der Waals surface area (Å²) in [5.74, 6) is -0.510. The van der Waals surface area contributed by atoms with Crippen LogP contribution in [0.2, 0.25) is 5.02 Å². The molecule has 0 bridgehead atoms. The van der Waals surface area contributed by atoms with E-state index in [1.165, 1.54) is 29.1 Å². The number of hydrogen-bond donors (Lipinski definition) is 0. The highest BCUT2D eigenvalue weighted by atomic mass is 35.5. The van der Waals surface area contributed by atoms with Gasteiger partial charge in [0.2, 0.25) is 0 Å². The van der Waals surface area contributed by atoms with Crippen LogP contribution in [0.3, 0.4) is 0 Å². The largest absolute Gasteiger partial charge is 0.298 e. The molecule has 0 unspecified atom stereocenters. The lowest BCUT2D eigenvalue weighted by atomic mass is 10.2. The van der Waals surface area contributed by atoms with Gasteiger partial charge in [-0.05, 0) is 19.1 Å². The van der Waals surface area contributed by atoms with Crippen LogP contribution in [0, 0.1) is 12.7 Å². The SMILES string of the molecule is Cc1nn(-c2c(F)cccc2C=O)cc1Cl. The number of hydrogen-bond acceptors (Lipinski definition) is 2. The molecule has 1 heterocycles. The summed E-state index contributed by atoms with van der Waals surface area (Å²) in [5.41, 5.74) is 0.938. The van der Waals surface area contributed by atoms with Gasteiger partial charge in [0, 0.05) is 11.8 Å². The molecule has 0 radical (unpaired) electrons. The lowest BCUT2D eigenvalue weighted by molar-refractivity contribution is 0.112. The predicted octanol–water partition coefficient (Wildman–Crippen LogP) is 2.79. The first-order valence-corrected chi connectivity index (χ1v) is 4.97. The van der Waals surface area contributed by atoms with E-state index in [1.54, 1.807) is 6.92 Å². The van der Waals surface area contributed by atoms with Crippen molar-refractivity contribution in [2.75, 3.05) is 0 Å². The second-order valence-corrected chi connectivity index (χ2v) is 3.71. The van der Waals surface area contributed by atoms with Crippen molar-refractivity contribution in [2.45, 2.75) is 6.92 Å². The molecule has 0 aliphatic heterocycles. The summed E-state index contributed by atoms with van der Waals surface area (Å²) >= 11 is 5.83. The monoisotopic (exact) mass is 238 g/mol. The molecular weight excluding hydrogens is 231 g/mol. The highest BCUT2D eigenvalue weighted by Gasteiger charge is 2.12. The van der Waals surface area contributed by atoms with E-state index < -0.39 is 5.82 Å². The van der Waals surface area contributed by atoms with Gasteiger partial charge >= 0.3 is 0 Å². The summed E-state index contributed by atoms with van der Waals surface area (Å²) in [7, 11) is 0. The van der Waals surface area contributed by atoms with E-state index in [4.69, 9.17) is 11.6 Å². The standard InChI is InChI=1S/C11H8ClFN2O/c1-7-9(12)5-15(14-7)11-8(6-16)3-2-4-10(11)13/h2-6H,1H3. The van der Waals surface area contributed by atoms with Gasteiger partial charge in [0.25, 0.3) is 0 Å². The molecule has 0 fully saturated rings. The number of para-hydroxylation sites is 1. The van der Waals surface area contributed by atoms with E-state index >= 15 is 0 Å². The van der Waals surface area contributed by atoms with Gasteiger partial charge in [-0.1, -0.05) is 17.7 Å². The number of aryl methyl sites for hydroxylation is 1. The molecule has 16 heavy (non-hydrogen) atoms. The number of benzene rings is 1. The Kier molecular flexibility index (Phi) is 2.75. The molecule has 0 saturated carbocycles. The van der Waals surface area contributed by atoms with E-state index in [0.29, 0.717) is 17.0 Å². The van der Waals surface area contributed by atoms with Crippen LogP contribution < -0.4 is 0 Å². The molecule has 3 nitrogen and oxygen atoms in total. The summed E-state index contributed by atoms with van der Waals surface area (Å²) in [4.78, 5) is 10.8. The number of aromatic nitrogens is 2. The van der Waals surface area contributed by atoms with Crippen molar-refractivity contribution in [3.63, 3.8) is 0 Å². The van der Waals surface area contributed by atoms with Crippen molar-refractivity contribution in [1.82, 2.24) is 9.78 Å². The van der Waals surface area contributed by atoms with Crippen LogP contribution in [0.25, 0.3) is 5.69 Å². The second kappa shape index (κ2) is 4.06. The number of nitrogens with zero attached hydrogens (tertiary/aromatic N) is 2. The zero-order valence-corrected chi connectivity index (χ0v) is 9.20. The zero-order chi connectivity index (χ0) is 11.7. The van der Waals surface area contributed by atoms with Gasteiger partial charge in [-0.3, -0.25) is 4.79 Å². The molecule has 0 aliphatic rings. The molecule has 0 spiro atoms. The third kappa shape index (κ3) is 1.72. The smallest absolute Gasteiger partial charge is 0.152 e. The van der Waals surface area contributed by atoms with E-state index in [0.717, 1.165) is 0 Å². The van der Waals surface area contributed by atoms with Crippen LogP contribution in [-0.4, -0.2) is 16.1 Å². The molecular formula is C11H8ClFN2O. The molecule has 0 N–H and O–H groups in total. The van der Waals surface area contributed by atoms with Crippen LogP contribution in [0.4, 0.5) is 4.39 Å². The fourth-order valence-electron chi connectivity index (χ4n) is 1.42. The van der Waals surface area contributed by atoms with Crippen molar-refractivity contribution in [1.29, 1.82) is 0 Å². The average Bonchev–Trinajstić information content (AvgIpc) is 2.58. The zero-order valence-electron chi connectivity index (χ0n) is 8.45. The predicted molar refractivity (Wildman–Crippen MR) is 58.7 cm³/mol. The quantitative estimate of drug-likeness (QED) is 0.754. The summed E-state index contributed by atoms with van der Waals surface area (Å²) in [5, 5.41) is 4.47. The minimum absolute atomic E-state index is 0.118. The van der Waals surface area contributed by atoms with Crippen LogP contribution in [-0.2, 0) is 0 Å². The minimum Gasteiger partial charge on any atom is -0.298 e. The van der Waals surface area contributed by atoms with Crippen molar-refractivity contribution >= 4 is 17.9 Å². The number of halogens is 2. The van der Waals surface area contributed by atoms with Gasteiger partial charge in [0.05, 0.1) is 10.7 Å². The lowest BCUT2D eigenvalue weighted by Crippen LogP contribution is -2.03. The first-order valence-electron chi connectivity index (χ1n) is 4.59. The third-order valence-corrected chi connectivity index (χ3v) is 2.58. The molecule has 1 aromatic heterocycles. The molecule has 0 amide bonds. The van der Waals surface area contributed by atoms with E-state index in [1.807, 2.05) is 0 Å². The minimum atomic E-state index is -0.510. The number of rotatable bonds is 2. The summed E-state index contributed by atoms with van der Waals surface area (Å²) in [6.07, 6.45) is 2.06. The Hall–Kier alpha value is -1.68. The maximum atomic E-state index is 13.6. The molecule has 0 saturated heterocycles. The lowest BCUT2D eigenvalue weighted by Gasteiger charge is -2.05. The van der Waals surface area contributed by atoms with E-state index in [2.05, 4.69) is 5.10 Å². The first kappa shape index (κ1) is 10.8. The van der Waals surface area contributed by atoms with Crippen molar-refractivity contribution in [3.8, 4) is 5.69 Å². The Morgan fingerprint density at radius 3 is 2.81 bits per heavy atom. The fraction of sp³-hybridized carbons (Fsp3) is 0.0909. The Bertz CT molecular complexity index is 531. The third-order valence-electron chi connectivity index (χ3n) is 2.21. The van der Waals surface area contributed by atoms with Crippen LogP contribution in [0.1, 0.15) is 16.1 Å². The maximum absolute atomic E-state index is 13.6. The molecule has 5 heteroatoms. The van der Waals surface area contributed by atoms with Crippen molar-refractivity contribution < 1.29 is 9.18 Å². The van der Waals surface area contributed by atoms with Gasteiger partial charge in [0.15, 0.2) is 6.29 Å². The number of carbonyl (C=O) groups is 1. The van der Waals surface area contributed by atoms with E-state index in [-0.39, 0.29) is 11.3 Å². The summed E-state index contributed by atoms with van der Waals surface area (Å²) in [6, 6.07) is 4.27. The maximum Gasteiger partial charge on any atom is 0.152 e.